The highest BCUT2D eigenvalue weighted by Gasteiger charge is 2.20. The van der Waals surface area contributed by atoms with Crippen LogP contribution in [0.1, 0.15) is 49.4 Å². The zero-order valence-electron chi connectivity index (χ0n) is 18.5. The topological polar surface area (TPSA) is 79.0 Å². The SMILES string of the molecule is CCc1cc(-c2n[nH]c(=S)n2-c2ccc3c(c2)c2c(n3C)CCCCCC2)c(O)cc1O. The quantitative estimate of drug-likeness (QED) is 0.350. The molecule has 32 heavy (non-hydrogen) atoms. The molecule has 166 valence electrons. The smallest absolute Gasteiger partial charge is 0.200 e. The zero-order chi connectivity index (χ0) is 22.4. The molecule has 0 atom stereocenters. The predicted molar refractivity (Wildman–Crippen MR) is 129 cm³/mol. The molecule has 6 nitrogen and oxygen atoms in total. The first-order valence-electron chi connectivity index (χ1n) is 11.3. The molecule has 0 unspecified atom stereocenters. The number of H-pyrrole nitrogens is 1. The number of phenols is 2. The van der Waals surface area contributed by atoms with Gasteiger partial charge < -0.3 is 14.8 Å². The molecule has 7 heteroatoms. The van der Waals surface area contributed by atoms with E-state index in [1.165, 1.54) is 53.9 Å². The molecule has 0 saturated heterocycles. The molecule has 2 aromatic heterocycles. The molecule has 0 saturated carbocycles. The van der Waals surface area contributed by atoms with Crippen LogP contribution in [-0.4, -0.2) is 29.5 Å². The molecule has 0 aliphatic heterocycles. The first-order valence-corrected chi connectivity index (χ1v) is 11.7. The van der Waals surface area contributed by atoms with E-state index in [4.69, 9.17) is 12.2 Å². The monoisotopic (exact) mass is 448 g/mol. The van der Waals surface area contributed by atoms with Crippen LogP contribution < -0.4 is 0 Å². The molecule has 2 aromatic carbocycles. The van der Waals surface area contributed by atoms with Crippen molar-refractivity contribution in [2.75, 3.05) is 0 Å². The maximum Gasteiger partial charge on any atom is 0.200 e. The maximum atomic E-state index is 10.6. The van der Waals surface area contributed by atoms with Gasteiger partial charge in [-0.2, -0.15) is 5.10 Å². The third-order valence-electron chi connectivity index (χ3n) is 6.76. The van der Waals surface area contributed by atoms with Crippen molar-refractivity contribution in [1.82, 2.24) is 19.3 Å². The summed E-state index contributed by atoms with van der Waals surface area (Å²) in [7, 11) is 2.16. The molecule has 0 spiro atoms. The molecule has 4 aromatic rings. The number of nitrogens with zero attached hydrogens (tertiary/aromatic N) is 3. The minimum absolute atomic E-state index is 0.0270. The third kappa shape index (κ3) is 3.32. The van der Waals surface area contributed by atoms with E-state index in [1.807, 2.05) is 11.5 Å². The van der Waals surface area contributed by atoms with Crippen molar-refractivity contribution in [2.45, 2.75) is 51.9 Å². The number of aromatic hydroxyl groups is 2. The predicted octanol–water partition coefficient (Wildman–Crippen LogP) is 5.72. The van der Waals surface area contributed by atoms with Crippen molar-refractivity contribution in [3.05, 3.63) is 51.9 Å². The number of nitrogens with one attached hydrogen (secondary N) is 1. The Morgan fingerprint density at radius 1 is 1.03 bits per heavy atom. The van der Waals surface area contributed by atoms with Crippen LogP contribution in [0.5, 0.6) is 11.5 Å². The lowest BCUT2D eigenvalue weighted by molar-refractivity contribution is 0.447. The number of benzene rings is 2. The van der Waals surface area contributed by atoms with Crippen molar-refractivity contribution < 1.29 is 10.2 Å². The molecule has 1 aliphatic rings. The number of hydrogen-bond donors (Lipinski definition) is 3. The fraction of sp³-hybridized carbons (Fsp3) is 0.360. The van der Waals surface area contributed by atoms with E-state index in [0.29, 0.717) is 22.6 Å². The van der Waals surface area contributed by atoms with Gasteiger partial charge in [0.1, 0.15) is 11.5 Å². The molecule has 0 fully saturated rings. The number of rotatable bonds is 3. The number of aromatic amines is 1. The van der Waals surface area contributed by atoms with Crippen molar-refractivity contribution in [3.8, 4) is 28.6 Å². The summed E-state index contributed by atoms with van der Waals surface area (Å²) in [5.41, 5.74) is 6.32. The number of phenolic OH excluding ortho intramolecular Hbond substituents is 2. The van der Waals surface area contributed by atoms with Gasteiger partial charge >= 0.3 is 0 Å². The summed E-state index contributed by atoms with van der Waals surface area (Å²) >= 11 is 5.58. The van der Waals surface area contributed by atoms with Gasteiger partial charge in [0, 0.05) is 29.7 Å². The summed E-state index contributed by atoms with van der Waals surface area (Å²) in [5, 5.41) is 29.3. The Hall–Kier alpha value is -3.06. The van der Waals surface area contributed by atoms with Gasteiger partial charge in [0.05, 0.1) is 11.3 Å². The minimum atomic E-state index is -0.0270. The summed E-state index contributed by atoms with van der Waals surface area (Å²) in [5.74, 6) is 0.583. The van der Waals surface area contributed by atoms with Crippen molar-refractivity contribution >= 4 is 23.1 Å². The van der Waals surface area contributed by atoms with Gasteiger partial charge in [-0.05, 0) is 79.7 Å². The van der Waals surface area contributed by atoms with E-state index < -0.39 is 0 Å². The van der Waals surface area contributed by atoms with E-state index in [2.05, 4.69) is 40.0 Å². The number of fused-ring (bicyclic) bond motifs is 3. The Bertz CT molecular complexity index is 1380. The highest BCUT2D eigenvalue weighted by atomic mass is 32.1. The summed E-state index contributed by atoms with van der Waals surface area (Å²) < 4.78 is 4.67. The van der Waals surface area contributed by atoms with Crippen LogP contribution in [-0.2, 0) is 26.3 Å². The molecule has 3 N–H and O–H groups in total. The average molecular weight is 449 g/mol. The normalized spacial score (nSPS) is 14.3. The fourth-order valence-electron chi connectivity index (χ4n) is 5.05. The lowest BCUT2D eigenvalue weighted by Gasteiger charge is -2.12. The van der Waals surface area contributed by atoms with Crippen LogP contribution in [0.2, 0.25) is 0 Å². The van der Waals surface area contributed by atoms with Crippen LogP contribution in [0, 0.1) is 4.77 Å². The largest absolute Gasteiger partial charge is 0.508 e. The van der Waals surface area contributed by atoms with Crippen LogP contribution in [0.25, 0.3) is 28.0 Å². The summed E-state index contributed by atoms with van der Waals surface area (Å²) in [6.07, 6.45) is 7.90. The number of aryl methyl sites for hydroxylation is 3. The molecular weight excluding hydrogens is 420 g/mol. The van der Waals surface area contributed by atoms with Gasteiger partial charge in [-0.3, -0.25) is 9.67 Å². The van der Waals surface area contributed by atoms with E-state index in [9.17, 15) is 10.2 Å². The average Bonchev–Trinajstić information content (AvgIpc) is 3.25. The molecule has 0 amide bonds. The van der Waals surface area contributed by atoms with Crippen LogP contribution in [0.4, 0.5) is 0 Å². The second kappa shape index (κ2) is 8.13. The Balaban J connectivity index is 1.70. The first-order chi connectivity index (χ1) is 15.5. The summed E-state index contributed by atoms with van der Waals surface area (Å²) in [4.78, 5) is 0. The van der Waals surface area contributed by atoms with Crippen LogP contribution in [0.3, 0.4) is 0 Å². The summed E-state index contributed by atoms with van der Waals surface area (Å²) in [6, 6.07) is 9.57. The Morgan fingerprint density at radius 2 is 1.81 bits per heavy atom. The lowest BCUT2D eigenvalue weighted by Crippen LogP contribution is -2.02. The molecular formula is C25H28N4O2S. The Morgan fingerprint density at radius 3 is 2.59 bits per heavy atom. The molecule has 1 aliphatic carbocycles. The van der Waals surface area contributed by atoms with E-state index >= 15 is 0 Å². The van der Waals surface area contributed by atoms with Crippen molar-refractivity contribution in [3.63, 3.8) is 0 Å². The van der Waals surface area contributed by atoms with Gasteiger partial charge in [0.25, 0.3) is 0 Å². The highest BCUT2D eigenvalue weighted by molar-refractivity contribution is 7.71. The standard InChI is InChI=1S/C25H28N4O2S/c1-3-15-12-19(23(31)14-22(15)30)24-26-27-25(32)29(24)16-10-11-21-18(13-16)17-8-6-4-5-7-9-20(17)28(21)2/h10-14,30-31H,3-9H2,1-2H3,(H,27,32). The molecule has 2 heterocycles. The lowest BCUT2D eigenvalue weighted by atomic mass is 9.96. The van der Waals surface area contributed by atoms with Gasteiger partial charge in [0.15, 0.2) is 10.6 Å². The Labute approximate surface area is 192 Å². The maximum absolute atomic E-state index is 10.6. The third-order valence-corrected chi connectivity index (χ3v) is 7.03. The van der Waals surface area contributed by atoms with Crippen LogP contribution >= 0.6 is 12.2 Å². The molecule has 0 bridgehead atoms. The van der Waals surface area contributed by atoms with E-state index in [1.54, 1.807) is 6.07 Å². The van der Waals surface area contributed by atoms with E-state index in [-0.39, 0.29) is 11.5 Å². The second-order valence-electron chi connectivity index (χ2n) is 8.64. The Kier molecular flexibility index (Phi) is 5.29. The highest BCUT2D eigenvalue weighted by Crippen LogP contribution is 2.37. The minimum Gasteiger partial charge on any atom is -0.508 e. The molecule has 0 radical (unpaired) electrons. The van der Waals surface area contributed by atoms with Crippen LogP contribution in [0.15, 0.2) is 30.3 Å². The fourth-order valence-corrected chi connectivity index (χ4v) is 5.28. The van der Waals surface area contributed by atoms with Gasteiger partial charge in [-0.1, -0.05) is 19.8 Å². The van der Waals surface area contributed by atoms with Gasteiger partial charge in [-0.25, -0.2) is 0 Å². The molecule has 5 rings (SSSR count). The van der Waals surface area contributed by atoms with Crippen molar-refractivity contribution in [1.29, 1.82) is 0 Å². The van der Waals surface area contributed by atoms with Gasteiger partial charge in [-0.15, -0.1) is 0 Å². The summed E-state index contributed by atoms with van der Waals surface area (Å²) in [6.45, 7) is 1.96. The second-order valence-corrected chi connectivity index (χ2v) is 9.03. The number of hydrogen-bond acceptors (Lipinski definition) is 4. The zero-order valence-corrected chi connectivity index (χ0v) is 19.3. The van der Waals surface area contributed by atoms with Gasteiger partial charge in [0.2, 0.25) is 0 Å². The first kappa shape index (κ1) is 20.8. The van der Waals surface area contributed by atoms with E-state index in [0.717, 1.165) is 24.1 Å². The van der Waals surface area contributed by atoms with Crippen molar-refractivity contribution in [2.24, 2.45) is 7.05 Å². The number of aromatic nitrogens is 4.